The summed E-state index contributed by atoms with van der Waals surface area (Å²) < 4.78 is 0. The van der Waals surface area contributed by atoms with Gasteiger partial charge in [0.15, 0.2) is 0 Å². The number of piperazine rings is 1. The third-order valence-corrected chi connectivity index (χ3v) is 5.92. The highest BCUT2D eigenvalue weighted by Crippen LogP contribution is 2.32. The van der Waals surface area contributed by atoms with Crippen LogP contribution >= 0.6 is 37.2 Å². The molecule has 0 atom stereocenters. The second-order valence-electron chi connectivity index (χ2n) is 8.20. The minimum absolute atomic E-state index is 0. The van der Waals surface area contributed by atoms with Crippen molar-refractivity contribution < 1.29 is 5.11 Å². The van der Waals surface area contributed by atoms with E-state index >= 15 is 0 Å². The van der Waals surface area contributed by atoms with Gasteiger partial charge in [0.05, 0.1) is 5.69 Å². The van der Waals surface area contributed by atoms with Crippen LogP contribution in [0, 0.1) is 13.8 Å². The van der Waals surface area contributed by atoms with Gasteiger partial charge in [-0.2, -0.15) is 0 Å². The first-order valence-electron chi connectivity index (χ1n) is 10.3. The number of hydrogen-bond donors (Lipinski definition) is 2. The number of pyridine rings is 1. The lowest BCUT2D eigenvalue weighted by atomic mass is 10.0. The molecule has 1 saturated heterocycles. The lowest BCUT2D eigenvalue weighted by Gasteiger charge is -2.32. The number of halogens is 3. The zero-order chi connectivity index (χ0) is 20.5. The topological polar surface area (TPSA) is 51.6 Å². The van der Waals surface area contributed by atoms with Gasteiger partial charge in [0, 0.05) is 50.7 Å². The molecule has 0 saturated carbocycles. The van der Waals surface area contributed by atoms with Crippen LogP contribution in [-0.4, -0.2) is 60.2 Å². The summed E-state index contributed by atoms with van der Waals surface area (Å²) in [7, 11) is 4.11. The van der Waals surface area contributed by atoms with Gasteiger partial charge in [-0.25, -0.2) is 4.98 Å². The Kier molecular flexibility index (Phi) is 10.5. The molecule has 176 valence electrons. The first kappa shape index (κ1) is 28.3. The normalized spacial score (nSPS) is 14.2. The average Bonchev–Trinajstić information content (AvgIpc) is 2.72. The van der Waals surface area contributed by atoms with E-state index in [-0.39, 0.29) is 37.2 Å². The Morgan fingerprint density at radius 3 is 2.16 bits per heavy atom. The van der Waals surface area contributed by atoms with Gasteiger partial charge in [0.1, 0.15) is 11.6 Å². The van der Waals surface area contributed by atoms with Crippen molar-refractivity contribution in [1.29, 1.82) is 0 Å². The van der Waals surface area contributed by atoms with Crippen LogP contribution in [0.15, 0.2) is 36.4 Å². The molecule has 1 fully saturated rings. The molecule has 32 heavy (non-hydrogen) atoms. The van der Waals surface area contributed by atoms with Gasteiger partial charge in [-0.15, -0.1) is 37.2 Å². The molecule has 0 spiro atoms. The number of nitrogens with one attached hydrogen (secondary N) is 1. The fourth-order valence-electron chi connectivity index (χ4n) is 4.10. The Labute approximate surface area is 209 Å². The summed E-state index contributed by atoms with van der Waals surface area (Å²) in [6.07, 6.45) is 0. The van der Waals surface area contributed by atoms with E-state index in [0.717, 1.165) is 66.3 Å². The molecule has 1 aromatic heterocycles. The van der Waals surface area contributed by atoms with Gasteiger partial charge in [0.25, 0.3) is 0 Å². The van der Waals surface area contributed by atoms with Crippen molar-refractivity contribution in [3.63, 3.8) is 0 Å². The van der Waals surface area contributed by atoms with E-state index in [1.54, 1.807) is 0 Å². The molecule has 1 aliphatic rings. The summed E-state index contributed by atoms with van der Waals surface area (Å²) in [5, 5.41) is 15.7. The molecule has 5 nitrogen and oxygen atoms in total. The van der Waals surface area contributed by atoms with Crippen molar-refractivity contribution in [3.8, 4) is 17.0 Å². The van der Waals surface area contributed by atoms with Gasteiger partial charge in [-0.05, 0) is 67.2 Å². The van der Waals surface area contributed by atoms with Crippen molar-refractivity contribution in [2.75, 3.05) is 45.6 Å². The predicted octanol–water partition coefficient (Wildman–Crippen LogP) is 5.28. The Hall–Kier alpha value is -1.76. The third-order valence-electron chi connectivity index (χ3n) is 5.92. The molecule has 0 unspecified atom stereocenters. The number of hydrogen-bond acceptors (Lipinski definition) is 5. The summed E-state index contributed by atoms with van der Waals surface area (Å²) in [5.41, 5.74) is 5.01. The van der Waals surface area contributed by atoms with Gasteiger partial charge < -0.3 is 15.3 Å². The number of fused-ring (bicyclic) bond motifs is 1. The van der Waals surface area contributed by atoms with E-state index in [1.807, 2.05) is 33.0 Å². The first-order chi connectivity index (χ1) is 13.9. The van der Waals surface area contributed by atoms with Crippen LogP contribution < -0.4 is 5.32 Å². The molecule has 0 amide bonds. The van der Waals surface area contributed by atoms with Crippen molar-refractivity contribution in [1.82, 2.24) is 14.8 Å². The fourth-order valence-corrected chi connectivity index (χ4v) is 4.10. The number of phenols is 1. The van der Waals surface area contributed by atoms with E-state index in [9.17, 15) is 5.11 Å². The summed E-state index contributed by atoms with van der Waals surface area (Å²) >= 11 is 0. The lowest BCUT2D eigenvalue weighted by Crippen LogP contribution is -2.43. The largest absolute Gasteiger partial charge is 0.507 e. The van der Waals surface area contributed by atoms with E-state index in [0.29, 0.717) is 5.75 Å². The number of aromatic hydroxyl groups is 1. The second kappa shape index (κ2) is 11.9. The quantitative estimate of drug-likeness (QED) is 0.511. The zero-order valence-electron chi connectivity index (χ0n) is 19.0. The molecule has 4 rings (SSSR count). The highest BCUT2D eigenvalue weighted by atomic mass is 35.5. The first-order valence-corrected chi connectivity index (χ1v) is 10.3. The zero-order valence-corrected chi connectivity index (χ0v) is 21.5. The summed E-state index contributed by atoms with van der Waals surface area (Å²) in [5.74, 6) is 1.25. The molecule has 0 radical (unpaired) electrons. The Morgan fingerprint density at radius 1 is 0.938 bits per heavy atom. The van der Waals surface area contributed by atoms with Crippen molar-refractivity contribution in [2.24, 2.45) is 0 Å². The average molecular weight is 500 g/mol. The maximum atomic E-state index is 10.1. The SMILES string of the molecule is CNc1nc(-c2cc(C)c(O)c(C)c2)cc2ccc(CN3CCN(C)CC3)cc12.Cl.Cl.Cl. The Bertz CT molecular complexity index is 1030. The third kappa shape index (κ3) is 5.97. The van der Waals surface area contributed by atoms with Gasteiger partial charge in [-0.1, -0.05) is 12.1 Å². The molecule has 3 aromatic rings. The van der Waals surface area contributed by atoms with Crippen LogP contribution in [-0.2, 0) is 6.54 Å². The summed E-state index contributed by atoms with van der Waals surface area (Å²) in [6, 6.07) is 12.8. The number of rotatable bonds is 4. The molecule has 2 aromatic carbocycles. The number of phenolic OH excluding ortho intramolecular Hbond substituents is 1. The van der Waals surface area contributed by atoms with Crippen LogP contribution in [0.3, 0.4) is 0 Å². The molecule has 2 heterocycles. The van der Waals surface area contributed by atoms with Crippen LogP contribution in [0.5, 0.6) is 5.75 Å². The summed E-state index contributed by atoms with van der Waals surface area (Å²) in [4.78, 5) is 9.79. The highest BCUT2D eigenvalue weighted by Gasteiger charge is 2.15. The fraction of sp³-hybridized carbons (Fsp3) is 0.375. The molecule has 2 N–H and O–H groups in total. The smallest absolute Gasteiger partial charge is 0.134 e. The van der Waals surface area contributed by atoms with E-state index < -0.39 is 0 Å². The van der Waals surface area contributed by atoms with Crippen LogP contribution in [0.1, 0.15) is 16.7 Å². The maximum absolute atomic E-state index is 10.1. The van der Waals surface area contributed by atoms with Crippen molar-refractivity contribution >= 4 is 53.8 Å². The Morgan fingerprint density at radius 2 is 1.56 bits per heavy atom. The van der Waals surface area contributed by atoms with Crippen molar-refractivity contribution in [2.45, 2.75) is 20.4 Å². The van der Waals surface area contributed by atoms with Gasteiger partial charge >= 0.3 is 0 Å². The molecule has 0 bridgehead atoms. The number of aromatic nitrogens is 1. The van der Waals surface area contributed by atoms with Crippen molar-refractivity contribution in [3.05, 3.63) is 53.1 Å². The minimum atomic E-state index is 0. The lowest BCUT2D eigenvalue weighted by molar-refractivity contribution is 0.148. The minimum Gasteiger partial charge on any atom is -0.507 e. The monoisotopic (exact) mass is 498 g/mol. The molecular weight excluding hydrogens is 467 g/mol. The predicted molar refractivity (Wildman–Crippen MR) is 142 cm³/mol. The van der Waals surface area contributed by atoms with Crippen LogP contribution in [0.2, 0.25) is 0 Å². The molecule has 1 aliphatic heterocycles. The Balaban J connectivity index is 0.00000171. The van der Waals surface area contributed by atoms with E-state index in [2.05, 4.69) is 46.4 Å². The van der Waals surface area contributed by atoms with Crippen LogP contribution in [0.4, 0.5) is 5.82 Å². The number of aryl methyl sites for hydroxylation is 2. The number of benzene rings is 2. The number of likely N-dealkylation sites (N-methyl/N-ethyl adjacent to an activating group) is 1. The van der Waals surface area contributed by atoms with E-state index in [1.165, 1.54) is 10.9 Å². The maximum Gasteiger partial charge on any atom is 0.134 e. The summed E-state index contributed by atoms with van der Waals surface area (Å²) in [6.45, 7) is 9.32. The molecule has 8 heteroatoms. The van der Waals surface area contributed by atoms with Gasteiger partial charge in [0.2, 0.25) is 0 Å². The van der Waals surface area contributed by atoms with Gasteiger partial charge in [-0.3, -0.25) is 4.90 Å². The number of nitrogens with zero attached hydrogens (tertiary/aromatic N) is 3. The van der Waals surface area contributed by atoms with E-state index in [4.69, 9.17) is 4.98 Å². The molecule has 0 aliphatic carbocycles. The van der Waals surface area contributed by atoms with Crippen LogP contribution in [0.25, 0.3) is 22.0 Å². The second-order valence-corrected chi connectivity index (χ2v) is 8.20. The molecular formula is C24H33Cl3N4O. The highest BCUT2D eigenvalue weighted by molar-refractivity contribution is 5.95. The number of anilines is 1. The standard InChI is InChI=1S/C24H30N4O.3ClH/c1-16-11-20(12-17(2)23(16)29)22-14-19-6-5-18(13-21(19)24(25-3)26-22)15-28-9-7-27(4)8-10-28;;;/h5-6,11-14,29H,7-10,15H2,1-4H3,(H,25,26);3*1H.